The minimum absolute atomic E-state index is 0.0450. The number of nitrogens with two attached hydrogens (primary N) is 4. The van der Waals surface area contributed by atoms with Gasteiger partial charge in [-0.25, -0.2) is 39.9 Å². The summed E-state index contributed by atoms with van der Waals surface area (Å²) in [7, 11) is 5.10. The second-order valence-corrected chi connectivity index (χ2v) is 35.6. The van der Waals surface area contributed by atoms with Crippen molar-refractivity contribution in [2.75, 3.05) is 81.9 Å². The van der Waals surface area contributed by atoms with E-state index in [2.05, 4.69) is 205 Å². The minimum Gasteiger partial charge on any atom is -0.393 e. The Morgan fingerprint density at radius 3 is 1.19 bits per heavy atom. The third-order valence-corrected chi connectivity index (χ3v) is 27.1. The number of ether oxygens (including phenoxy) is 2. The monoisotopic (exact) mass is 1770 g/mol. The first-order chi connectivity index (χ1) is 63.5. The molecule has 11 aromatic heterocycles. The highest BCUT2D eigenvalue weighted by Gasteiger charge is 2.51. The molecule has 0 radical (unpaired) electrons. The SMILES string of the molecule is CC(c1ccc(-c2cnc(N)nc2)cc1)(c1noc(N2CCC(O)CC2)n1)C1CC1.COCCn1cc(-c2nc([C@@](C)(c3ccc(-c4cnc(N)nc4)cc3)C3CCC3)no2)cn1.C[C@@](c1ccc(-c2cnc(N)nc2)cc1)(c1noc(-c2cnn(C3COC3)c2)n1)C1CCC1.Cc1nc(N)ncc1-c1ccc([C@](C)(c2noc(-c3cnn(CC(=O)N(C)C)c3)n2)C2CC2)cc1. The number of piperidine rings is 1. The topological polar surface area (TPSA) is 479 Å². The van der Waals surface area contributed by atoms with Gasteiger partial charge in [-0.15, -0.1) is 0 Å². The average molecular weight is 1770 g/mol. The normalized spacial score (nSPS) is 17.2. The van der Waals surface area contributed by atoms with Crippen LogP contribution in [-0.4, -0.2) is 186 Å². The van der Waals surface area contributed by atoms with Gasteiger partial charge in [-0.05, 0) is 167 Å². The van der Waals surface area contributed by atoms with Crippen LogP contribution in [0.4, 0.5) is 29.8 Å². The van der Waals surface area contributed by atoms with Crippen LogP contribution >= 0.6 is 0 Å². The molecule has 4 saturated carbocycles. The third-order valence-electron chi connectivity index (χ3n) is 27.1. The minimum atomic E-state index is -0.385. The molecule has 4 aliphatic carbocycles. The van der Waals surface area contributed by atoms with Crippen LogP contribution in [0.5, 0.6) is 0 Å². The molecule has 15 aromatic rings. The Kier molecular flexibility index (Phi) is 24.7. The summed E-state index contributed by atoms with van der Waals surface area (Å²) in [5.41, 5.74) is 36.8. The summed E-state index contributed by atoms with van der Waals surface area (Å²) in [6, 6.07) is 34.6. The van der Waals surface area contributed by atoms with E-state index in [1.54, 1.807) is 94.1 Å². The zero-order chi connectivity index (χ0) is 90.7. The maximum absolute atomic E-state index is 12.0. The van der Waals surface area contributed by atoms with Crippen molar-refractivity contribution in [3.05, 3.63) is 229 Å². The number of likely N-dealkylation sites (N-methyl/N-ethyl adjacent to an activating group) is 1. The number of carbonyl (C=O) groups is 1. The van der Waals surface area contributed by atoms with E-state index in [4.69, 9.17) is 70.4 Å². The summed E-state index contributed by atoms with van der Waals surface area (Å²) >= 11 is 0. The lowest BCUT2D eigenvalue weighted by Crippen LogP contribution is -2.38. The predicted octanol–water partition coefficient (Wildman–Crippen LogP) is 13.2. The highest BCUT2D eigenvalue weighted by molar-refractivity contribution is 5.75. The van der Waals surface area contributed by atoms with Crippen molar-refractivity contribution in [3.8, 4) is 78.9 Å². The van der Waals surface area contributed by atoms with Crippen LogP contribution in [0.25, 0.3) is 78.9 Å². The molecule has 36 heteroatoms. The first-order valence-corrected chi connectivity index (χ1v) is 44.4. The van der Waals surface area contributed by atoms with E-state index in [0.29, 0.717) is 96.8 Å². The highest BCUT2D eigenvalue weighted by atomic mass is 16.5. The molecule has 4 aromatic carbocycles. The van der Waals surface area contributed by atoms with Gasteiger partial charge in [0.05, 0.1) is 101 Å². The van der Waals surface area contributed by atoms with E-state index in [0.717, 1.165) is 156 Å². The number of aromatic nitrogens is 22. The zero-order valence-electron chi connectivity index (χ0n) is 74.5. The number of hydrogen-bond acceptors (Lipinski definition) is 32. The number of amides is 1. The highest BCUT2D eigenvalue weighted by Crippen LogP contribution is 2.54. The lowest BCUT2D eigenvalue weighted by atomic mass is 9.62. The van der Waals surface area contributed by atoms with Crippen LogP contribution in [0.1, 0.15) is 162 Å². The summed E-state index contributed by atoms with van der Waals surface area (Å²) in [5, 5.41) is 40.4. The summed E-state index contributed by atoms with van der Waals surface area (Å²) in [4.78, 5) is 67.7. The Labute approximate surface area is 755 Å². The number of rotatable bonds is 26. The Hall–Kier alpha value is -14.3. The molecule has 6 aliphatic rings. The van der Waals surface area contributed by atoms with Crippen LogP contribution in [0.15, 0.2) is 196 Å². The Morgan fingerprint density at radius 1 is 0.435 bits per heavy atom. The molecule has 131 heavy (non-hydrogen) atoms. The van der Waals surface area contributed by atoms with Crippen molar-refractivity contribution < 1.29 is 37.5 Å². The second kappa shape index (κ2) is 37.1. The molecular weight excluding hydrogens is 1660 g/mol. The molecular formula is C95H106N28O8. The quantitative estimate of drug-likeness (QED) is 0.0336. The average Bonchev–Trinajstić information content (AvgIpc) is 1.65. The van der Waals surface area contributed by atoms with Crippen LogP contribution in [-0.2, 0) is 49.0 Å². The number of carbonyl (C=O) groups excluding carboxylic acids is 1. The maximum atomic E-state index is 12.0. The van der Waals surface area contributed by atoms with Crippen molar-refractivity contribution in [2.45, 2.75) is 159 Å². The van der Waals surface area contributed by atoms with Gasteiger partial charge in [0.2, 0.25) is 29.7 Å². The molecule has 1 unspecified atom stereocenters. The third kappa shape index (κ3) is 18.3. The Balaban J connectivity index is 0.000000117. The molecule has 13 heterocycles. The number of aliphatic hydroxyl groups is 1. The van der Waals surface area contributed by atoms with Crippen LogP contribution in [0.3, 0.4) is 0 Å². The largest absolute Gasteiger partial charge is 0.393 e. The summed E-state index contributed by atoms with van der Waals surface area (Å²) in [6.45, 7) is 15.0. The molecule has 0 spiro atoms. The number of aliphatic hydroxyl groups excluding tert-OH is 1. The van der Waals surface area contributed by atoms with Crippen LogP contribution in [0, 0.1) is 30.6 Å². The van der Waals surface area contributed by atoms with Crippen LogP contribution < -0.4 is 27.8 Å². The first kappa shape index (κ1) is 87.4. The van der Waals surface area contributed by atoms with Crippen molar-refractivity contribution in [2.24, 2.45) is 23.7 Å². The Bertz CT molecular complexity index is 6390. The fourth-order valence-corrected chi connectivity index (χ4v) is 17.6. The number of nitrogen functional groups attached to an aromatic ring is 4. The number of methoxy groups -OCH3 is 1. The Morgan fingerprint density at radius 2 is 0.809 bits per heavy atom. The molecule has 4 atom stereocenters. The van der Waals surface area contributed by atoms with Crippen LogP contribution in [0.2, 0.25) is 0 Å². The lowest BCUT2D eigenvalue weighted by molar-refractivity contribution is -0.129. The number of aryl methyl sites for hydroxylation is 1. The van der Waals surface area contributed by atoms with Gasteiger partial charge in [0, 0.05) is 119 Å². The van der Waals surface area contributed by atoms with Gasteiger partial charge in [0.25, 0.3) is 17.7 Å². The van der Waals surface area contributed by atoms with Gasteiger partial charge in [0.1, 0.15) is 6.54 Å². The number of anilines is 5. The van der Waals surface area contributed by atoms with Gasteiger partial charge >= 0.3 is 6.01 Å². The van der Waals surface area contributed by atoms with Crippen molar-refractivity contribution in [1.82, 2.24) is 115 Å². The van der Waals surface area contributed by atoms with Gasteiger partial charge in [0.15, 0.2) is 23.3 Å². The second-order valence-electron chi connectivity index (χ2n) is 35.6. The summed E-state index contributed by atoms with van der Waals surface area (Å²) < 4.78 is 38.4. The number of hydrogen-bond donors (Lipinski definition) is 5. The molecule has 1 amide bonds. The molecule has 2 aliphatic heterocycles. The molecule has 21 rings (SSSR count). The first-order valence-electron chi connectivity index (χ1n) is 44.4. The summed E-state index contributed by atoms with van der Waals surface area (Å²) in [5.74, 6) is 7.05. The van der Waals surface area contributed by atoms with Gasteiger partial charge in [-0.1, -0.05) is 131 Å². The van der Waals surface area contributed by atoms with Crippen molar-refractivity contribution in [3.63, 3.8) is 0 Å². The number of nitrogens with zero attached hydrogens (tertiary/aromatic N) is 24. The standard InChI is InChI=1S/C25H28N8O2.C24H25N7O2.C24H27N7O2.C22H26N6O2/c1-15-20(12-27-24(26)29-15)16-5-7-18(8-6-16)25(2,19-9-10-19)23-30-22(35-31-23)17-11-28-33(13-17)14-21(34)32(3)4;1-24(18-3-2-4-18,19-7-5-15(6-8-19)16-9-26-23(25)27-10-16)22-29-21(33-30-22)17-11-28-31(12-17)20-13-32-14-20;1-24(19-4-3-5-19,20-8-6-16(7-9-20)17-12-26-23(25)27-13-17)22-29-21(33-30-22)18-14-28-31(15-18)10-11-32-2;1-22(17-6-7-17,19-26-21(30-27-19)28-10-8-18(29)9-11-28)16-4-2-14(3-5-16)15-12-24-20(23)25-13-15/h5-8,11-13,19H,9-10,14H2,1-4H3,(H2,26,27,29);5-12,18,20H,2-4,13-14H2,1H3,(H2,25,26,27);6-9,12-15,19H,3-5,10-11H2,1-2H3,(H2,25,26,27);2-5,12-13,17-18,29H,6-11H2,1H3,(H2,23,24,25)/t25-;2*24-;/m011./s1. The lowest BCUT2D eigenvalue weighted by Gasteiger charge is -2.41. The van der Waals surface area contributed by atoms with Gasteiger partial charge in [-0.2, -0.15) is 35.2 Å². The van der Waals surface area contributed by atoms with Gasteiger partial charge < -0.3 is 65.4 Å². The van der Waals surface area contributed by atoms with E-state index in [-0.39, 0.29) is 70.1 Å². The van der Waals surface area contributed by atoms with E-state index in [9.17, 15) is 9.90 Å². The zero-order valence-corrected chi connectivity index (χ0v) is 74.5. The van der Waals surface area contributed by atoms with Gasteiger partial charge in [-0.3, -0.25) is 18.8 Å². The molecule has 2 saturated heterocycles. The fraction of sp³-hybridized carbons (Fsp3) is 0.389. The van der Waals surface area contributed by atoms with E-state index in [1.165, 1.54) is 28.9 Å². The summed E-state index contributed by atoms with van der Waals surface area (Å²) in [6.07, 6.45) is 35.7. The van der Waals surface area contributed by atoms with Crippen molar-refractivity contribution in [1.29, 1.82) is 0 Å². The molecule has 36 nitrogen and oxygen atoms in total. The maximum Gasteiger partial charge on any atom is 0.324 e. The number of benzene rings is 4. The molecule has 6 fully saturated rings. The molecule has 0 bridgehead atoms. The predicted molar refractivity (Wildman–Crippen MR) is 487 cm³/mol. The molecule has 9 N–H and O–H groups in total. The fourth-order valence-electron chi connectivity index (χ4n) is 17.6. The molecule has 674 valence electrons. The van der Waals surface area contributed by atoms with Crippen molar-refractivity contribution >= 4 is 35.7 Å². The van der Waals surface area contributed by atoms with E-state index >= 15 is 0 Å². The smallest absolute Gasteiger partial charge is 0.324 e. The van der Waals surface area contributed by atoms with E-state index < -0.39 is 0 Å². The van der Waals surface area contributed by atoms with E-state index in [1.807, 2.05) is 28.7 Å².